The Morgan fingerprint density at radius 2 is 2.19 bits per heavy atom. The van der Waals surface area contributed by atoms with Gasteiger partial charge in [0.2, 0.25) is 0 Å². The number of aromatic nitrogens is 1. The van der Waals surface area contributed by atoms with Crippen LogP contribution in [-0.4, -0.2) is 35.5 Å². The first kappa shape index (κ1) is 25.0. The van der Waals surface area contributed by atoms with Crippen molar-refractivity contribution in [2.75, 3.05) is 18.0 Å². The van der Waals surface area contributed by atoms with E-state index in [1.165, 1.54) is 26.3 Å². The van der Waals surface area contributed by atoms with Gasteiger partial charge in [0.25, 0.3) is 0 Å². The highest BCUT2D eigenvalue weighted by Crippen LogP contribution is 2.40. The van der Waals surface area contributed by atoms with Crippen LogP contribution in [0.15, 0.2) is 48.1 Å². The number of rotatable bonds is 10. The third kappa shape index (κ3) is 6.11. The lowest BCUT2D eigenvalue weighted by Crippen LogP contribution is -2.53. The molecule has 1 aromatic rings. The van der Waals surface area contributed by atoms with Crippen molar-refractivity contribution >= 4 is 17.7 Å². The van der Waals surface area contributed by atoms with Crippen LogP contribution in [0.1, 0.15) is 44.9 Å². The zero-order chi connectivity index (χ0) is 23.9. The topological polar surface area (TPSA) is 105 Å². The lowest BCUT2D eigenvalue weighted by atomic mass is 9.84. The number of terminal acetylenes is 1. The second kappa shape index (κ2) is 10.3. The summed E-state index contributed by atoms with van der Waals surface area (Å²) < 4.78 is 13.9. The minimum atomic E-state index is -1.37. The second-order valence-electron chi connectivity index (χ2n) is 8.65. The Morgan fingerprint density at radius 1 is 1.47 bits per heavy atom. The molecule has 2 rings (SSSR count). The number of aliphatic imine (C=N–C) groups is 1. The van der Waals surface area contributed by atoms with Crippen LogP contribution in [0.3, 0.4) is 0 Å². The van der Waals surface area contributed by atoms with Crippen LogP contribution < -0.4 is 27.0 Å². The molecule has 0 amide bonds. The predicted octanol–water partition coefficient (Wildman–Crippen LogP) is 2.77. The summed E-state index contributed by atoms with van der Waals surface area (Å²) in [5.41, 5.74) is 12.2. The van der Waals surface area contributed by atoms with Crippen LogP contribution in [0.2, 0.25) is 0 Å². The second-order valence-corrected chi connectivity index (χ2v) is 8.65. The summed E-state index contributed by atoms with van der Waals surface area (Å²) in [5, 5.41) is 6.15. The molecule has 0 radical (unpaired) electrons. The van der Waals surface area contributed by atoms with Crippen molar-refractivity contribution in [2.24, 2.45) is 16.5 Å². The van der Waals surface area contributed by atoms with Gasteiger partial charge in [0.05, 0.1) is 17.6 Å². The highest BCUT2D eigenvalue weighted by atomic mass is 19.1. The van der Waals surface area contributed by atoms with Crippen molar-refractivity contribution in [3.05, 3.63) is 54.4 Å². The third-order valence-corrected chi connectivity index (χ3v) is 5.33. The zero-order valence-corrected chi connectivity index (χ0v) is 19.2. The molecular weight excluding hydrogens is 405 g/mol. The number of pyridine rings is 1. The third-order valence-electron chi connectivity index (χ3n) is 5.33. The summed E-state index contributed by atoms with van der Waals surface area (Å²) in [6, 6.07) is 3.91. The first-order valence-corrected chi connectivity index (χ1v) is 10.5. The standard InChI is InChI=1S/C24H34FN7/c1-7-14-28-21(15-27)30-18(3)32-22-19(10-11-24(32,6)12-13-26)8-9-20(31-22)17(2)29-16-23(4,5)25/h1,8-9,14-15,29-30H,2-3,10-13,16,26-27H2,4-6H3/b21-15+,28-14-/t24-/m1/s1. The van der Waals surface area contributed by atoms with Gasteiger partial charge in [-0.05, 0) is 58.2 Å². The maximum atomic E-state index is 13.9. The fourth-order valence-electron chi connectivity index (χ4n) is 3.64. The van der Waals surface area contributed by atoms with E-state index in [-0.39, 0.29) is 12.1 Å². The van der Waals surface area contributed by atoms with Crippen LogP contribution in [0.4, 0.5) is 10.2 Å². The van der Waals surface area contributed by atoms with E-state index in [0.29, 0.717) is 29.6 Å². The minimum absolute atomic E-state index is 0.130. The molecule has 0 aromatic carbocycles. The number of nitrogens with zero attached hydrogens (tertiary/aromatic N) is 3. The van der Waals surface area contributed by atoms with Gasteiger partial charge in [-0.25, -0.2) is 14.4 Å². The largest absolute Gasteiger partial charge is 0.402 e. The lowest BCUT2D eigenvalue weighted by molar-refractivity contribution is 0.219. The van der Waals surface area contributed by atoms with Crippen LogP contribution in [-0.2, 0) is 6.42 Å². The highest BCUT2D eigenvalue weighted by molar-refractivity contribution is 5.78. The van der Waals surface area contributed by atoms with E-state index >= 15 is 0 Å². The number of fused-ring (bicyclic) bond motifs is 1. The van der Waals surface area contributed by atoms with Crippen molar-refractivity contribution in [1.29, 1.82) is 0 Å². The molecule has 1 atom stereocenters. The average Bonchev–Trinajstić information content (AvgIpc) is 2.73. The minimum Gasteiger partial charge on any atom is -0.402 e. The number of nitrogens with one attached hydrogen (secondary N) is 2. The molecule has 0 aliphatic carbocycles. The molecule has 0 spiro atoms. The molecule has 1 aliphatic heterocycles. The molecule has 1 aliphatic rings. The molecule has 2 heterocycles. The Labute approximate surface area is 190 Å². The van der Waals surface area contributed by atoms with Crippen molar-refractivity contribution in [1.82, 2.24) is 15.6 Å². The summed E-state index contributed by atoms with van der Waals surface area (Å²) in [6.07, 6.45) is 10.3. The summed E-state index contributed by atoms with van der Waals surface area (Å²) in [5.74, 6) is 3.98. The molecule has 172 valence electrons. The molecule has 0 bridgehead atoms. The van der Waals surface area contributed by atoms with E-state index in [0.717, 1.165) is 30.6 Å². The Bertz CT molecular complexity index is 952. The number of aryl methyl sites for hydroxylation is 1. The normalized spacial score (nSPS) is 18.8. The maximum Gasteiger partial charge on any atom is 0.147 e. The van der Waals surface area contributed by atoms with Gasteiger partial charge in [-0.1, -0.05) is 25.1 Å². The number of nitrogens with two attached hydrogens (primary N) is 2. The first-order valence-electron chi connectivity index (χ1n) is 10.5. The Balaban J connectivity index is 2.44. The van der Waals surface area contributed by atoms with Gasteiger partial charge >= 0.3 is 0 Å². The number of hydrogen-bond donors (Lipinski definition) is 4. The van der Waals surface area contributed by atoms with E-state index < -0.39 is 5.67 Å². The number of anilines is 1. The van der Waals surface area contributed by atoms with Crippen LogP contribution in [0, 0.1) is 12.3 Å². The van der Waals surface area contributed by atoms with Gasteiger partial charge in [0.15, 0.2) is 0 Å². The first-order chi connectivity index (χ1) is 15.0. The van der Waals surface area contributed by atoms with Gasteiger partial charge < -0.3 is 27.0 Å². The molecule has 0 saturated carbocycles. The average molecular weight is 440 g/mol. The maximum absolute atomic E-state index is 13.9. The molecule has 0 unspecified atom stereocenters. The lowest BCUT2D eigenvalue weighted by Gasteiger charge is -2.47. The van der Waals surface area contributed by atoms with Crippen LogP contribution in [0.25, 0.3) is 5.70 Å². The van der Waals surface area contributed by atoms with Crippen molar-refractivity contribution < 1.29 is 4.39 Å². The molecule has 0 fully saturated rings. The van der Waals surface area contributed by atoms with Gasteiger partial charge in [-0.15, -0.1) is 6.42 Å². The van der Waals surface area contributed by atoms with E-state index in [1.54, 1.807) is 0 Å². The monoisotopic (exact) mass is 439 g/mol. The highest BCUT2D eigenvalue weighted by Gasteiger charge is 2.39. The molecule has 0 saturated heterocycles. The van der Waals surface area contributed by atoms with Gasteiger partial charge in [0, 0.05) is 18.3 Å². The molecule has 7 nitrogen and oxygen atoms in total. The van der Waals surface area contributed by atoms with Gasteiger partial charge in [-0.2, -0.15) is 0 Å². The molecule has 8 heteroatoms. The Kier molecular flexibility index (Phi) is 8.06. The summed E-state index contributed by atoms with van der Waals surface area (Å²) >= 11 is 0. The molecule has 6 N–H and O–H groups in total. The number of halogens is 1. The van der Waals surface area contributed by atoms with Crippen molar-refractivity contribution in [2.45, 2.75) is 51.2 Å². The predicted molar refractivity (Wildman–Crippen MR) is 131 cm³/mol. The number of hydrogen-bond acceptors (Lipinski definition) is 7. The van der Waals surface area contributed by atoms with Gasteiger partial charge in [-0.3, -0.25) is 0 Å². The Morgan fingerprint density at radius 3 is 2.78 bits per heavy atom. The Hall–Kier alpha value is -3.31. The SMILES string of the molecule is C#C/C=N\C(=C/N)NC(=C)N1c2nc(C(=C)NCC(C)(C)F)ccc2CC[C@]1(C)CCN. The zero-order valence-electron chi connectivity index (χ0n) is 19.2. The fourth-order valence-corrected chi connectivity index (χ4v) is 3.64. The molecule has 1 aromatic heterocycles. The van der Waals surface area contributed by atoms with Crippen molar-refractivity contribution in [3.8, 4) is 12.3 Å². The van der Waals surface area contributed by atoms with E-state index in [1.807, 2.05) is 17.0 Å². The molecular formula is C24H34FN7. The van der Waals surface area contributed by atoms with E-state index in [4.69, 9.17) is 22.9 Å². The van der Waals surface area contributed by atoms with Crippen molar-refractivity contribution in [3.63, 3.8) is 0 Å². The van der Waals surface area contributed by atoms with Crippen LogP contribution >= 0.6 is 0 Å². The van der Waals surface area contributed by atoms with Crippen LogP contribution in [0.5, 0.6) is 0 Å². The smallest absolute Gasteiger partial charge is 0.147 e. The summed E-state index contributed by atoms with van der Waals surface area (Å²) in [7, 11) is 0. The molecule has 32 heavy (non-hydrogen) atoms. The summed E-state index contributed by atoms with van der Waals surface area (Å²) in [6.45, 7) is 14.0. The fraction of sp³-hybridized carbons (Fsp3) is 0.417. The van der Waals surface area contributed by atoms with E-state index in [9.17, 15) is 4.39 Å². The van der Waals surface area contributed by atoms with E-state index in [2.05, 4.69) is 41.6 Å². The number of alkyl halides is 1. The quantitative estimate of drug-likeness (QED) is 0.330. The van der Waals surface area contributed by atoms with Gasteiger partial charge in [0.1, 0.15) is 23.1 Å². The summed E-state index contributed by atoms with van der Waals surface area (Å²) in [4.78, 5) is 11.0.